The first-order valence-corrected chi connectivity index (χ1v) is 10.1. The Labute approximate surface area is 189 Å². The van der Waals surface area contributed by atoms with Crippen molar-refractivity contribution in [1.29, 1.82) is 5.26 Å². The molecule has 4 aromatic rings. The molecule has 1 aromatic heterocycles. The smallest absolute Gasteiger partial charge is 0.346 e. The topological polar surface area (TPSA) is 94.5 Å². The van der Waals surface area contributed by atoms with Crippen molar-refractivity contribution in [2.24, 2.45) is 0 Å². The van der Waals surface area contributed by atoms with Gasteiger partial charge in [0.2, 0.25) is 0 Å². The van der Waals surface area contributed by atoms with E-state index in [9.17, 15) is 9.59 Å². The van der Waals surface area contributed by atoms with Gasteiger partial charge in [-0.1, -0.05) is 48.5 Å². The number of hydrogen-bond acceptors (Lipinski definition) is 5. The minimum absolute atomic E-state index is 0.00125. The number of benzene rings is 3. The molecule has 0 saturated carbocycles. The molecular weight excluding hydrogens is 416 g/mol. The summed E-state index contributed by atoms with van der Waals surface area (Å²) in [4.78, 5) is 25.6. The highest BCUT2D eigenvalue weighted by molar-refractivity contribution is 5.96. The van der Waals surface area contributed by atoms with Gasteiger partial charge in [0.25, 0.3) is 0 Å². The van der Waals surface area contributed by atoms with Gasteiger partial charge in [0.05, 0.1) is 5.56 Å². The summed E-state index contributed by atoms with van der Waals surface area (Å²) >= 11 is 0. The molecule has 3 aromatic carbocycles. The molecule has 0 unspecified atom stereocenters. The van der Waals surface area contributed by atoms with E-state index in [-0.39, 0.29) is 5.76 Å². The summed E-state index contributed by atoms with van der Waals surface area (Å²) in [5, 5.41) is 17.8. The lowest BCUT2D eigenvalue weighted by atomic mass is 10.1. The van der Waals surface area contributed by atoms with E-state index in [0.29, 0.717) is 11.1 Å². The number of aliphatic carboxylic acids is 1. The Kier molecular flexibility index (Phi) is 6.14. The molecule has 1 heterocycles. The summed E-state index contributed by atoms with van der Waals surface area (Å²) in [6, 6.07) is 32.0. The lowest BCUT2D eigenvalue weighted by Crippen LogP contribution is -2.09. The van der Waals surface area contributed by atoms with Crippen LogP contribution in [0.25, 0.3) is 17.2 Å². The summed E-state index contributed by atoms with van der Waals surface area (Å²) in [6.45, 7) is 0. The Hall–Kier alpha value is -4.89. The number of carboxylic acids is 1. The van der Waals surface area contributed by atoms with Gasteiger partial charge in [0.1, 0.15) is 17.4 Å². The Morgan fingerprint density at radius 1 is 0.818 bits per heavy atom. The van der Waals surface area contributed by atoms with Crippen LogP contribution >= 0.6 is 0 Å². The maximum atomic E-state index is 12.5. The Bertz CT molecular complexity index is 1360. The molecule has 0 atom stereocenters. The first-order valence-electron chi connectivity index (χ1n) is 10.1. The zero-order chi connectivity index (χ0) is 23.2. The van der Waals surface area contributed by atoms with E-state index in [4.69, 9.17) is 14.8 Å². The molecule has 0 amide bonds. The largest absolute Gasteiger partial charge is 0.477 e. The number of hydrogen-bond donors (Lipinski definition) is 1. The van der Waals surface area contributed by atoms with Gasteiger partial charge in [0, 0.05) is 23.1 Å². The highest BCUT2D eigenvalue weighted by Gasteiger charge is 2.13. The maximum Gasteiger partial charge on any atom is 0.346 e. The molecule has 1 N–H and O–H groups in total. The third-order valence-electron chi connectivity index (χ3n) is 4.95. The van der Waals surface area contributed by atoms with Gasteiger partial charge in [-0.2, -0.15) is 5.26 Å². The van der Waals surface area contributed by atoms with Crippen molar-refractivity contribution in [3.63, 3.8) is 0 Å². The number of nitrogens with zero attached hydrogens (tertiary/aromatic N) is 2. The second kappa shape index (κ2) is 9.50. The van der Waals surface area contributed by atoms with E-state index in [1.54, 1.807) is 12.1 Å². The summed E-state index contributed by atoms with van der Waals surface area (Å²) in [5.74, 6) is -1.39. The van der Waals surface area contributed by atoms with E-state index in [1.807, 2.05) is 84.9 Å². The average molecular weight is 434 g/mol. The molecule has 0 bridgehead atoms. The number of para-hydroxylation sites is 2. The molecule has 0 aliphatic rings. The fourth-order valence-corrected chi connectivity index (χ4v) is 3.40. The van der Waals surface area contributed by atoms with E-state index in [2.05, 4.69) is 4.90 Å². The van der Waals surface area contributed by atoms with Crippen LogP contribution in [-0.2, 0) is 4.79 Å². The molecule has 0 fully saturated rings. The normalized spacial score (nSPS) is 10.9. The predicted molar refractivity (Wildman–Crippen MR) is 126 cm³/mol. The quantitative estimate of drug-likeness (QED) is 0.306. The van der Waals surface area contributed by atoms with Gasteiger partial charge in [-0.3, -0.25) is 0 Å². The van der Waals surface area contributed by atoms with Crippen LogP contribution in [0.1, 0.15) is 5.76 Å². The average Bonchev–Trinajstić information content (AvgIpc) is 2.84. The highest BCUT2D eigenvalue weighted by Crippen LogP contribution is 2.34. The van der Waals surface area contributed by atoms with Crippen LogP contribution in [0.3, 0.4) is 0 Å². The number of rotatable bonds is 6. The van der Waals surface area contributed by atoms with Crippen LogP contribution in [0.4, 0.5) is 17.1 Å². The van der Waals surface area contributed by atoms with Crippen molar-refractivity contribution < 1.29 is 14.3 Å². The molecule has 0 saturated heterocycles. The highest BCUT2D eigenvalue weighted by atomic mass is 16.4. The monoisotopic (exact) mass is 434 g/mol. The fourth-order valence-electron chi connectivity index (χ4n) is 3.40. The first kappa shape index (κ1) is 21.3. The molecule has 160 valence electrons. The zero-order valence-electron chi connectivity index (χ0n) is 17.4. The van der Waals surface area contributed by atoms with Crippen molar-refractivity contribution in [1.82, 2.24) is 0 Å². The van der Waals surface area contributed by atoms with Crippen molar-refractivity contribution >= 4 is 29.1 Å². The standard InChI is InChI=1S/C27H18N2O4/c28-18-20(26(30)31)17-24-15-16-25(27(32)33-24)19-11-13-23(14-12-19)29(21-7-3-1-4-8-21)22-9-5-2-6-10-22/h1-17H,(H,30,31)/b20-17-. The van der Waals surface area contributed by atoms with Gasteiger partial charge in [0.15, 0.2) is 0 Å². The van der Waals surface area contributed by atoms with Crippen LogP contribution in [-0.4, -0.2) is 11.1 Å². The minimum Gasteiger partial charge on any atom is -0.477 e. The summed E-state index contributed by atoms with van der Waals surface area (Å²) in [6.07, 6.45) is 1.02. The van der Waals surface area contributed by atoms with Crippen LogP contribution in [0.2, 0.25) is 0 Å². The maximum absolute atomic E-state index is 12.5. The van der Waals surface area contributed by atoms with Gasteiger partial charge in [-0.15, -0.1) is 0 Å². The van der Waals surface area contributed by atoms with Crippen molar-refractivity contribution in [2.45, 2.75) is 0 Å². The lowest BCUT2D eigenvalue weighted by Gasteiger charge is -2.25. The van der Waals surface area contributed by atoms with E-state index >= 15 is 0 Å². The molecule has 4 rings (SSSR count). The van der Waals surface area contributed by atoms with Gasteiger partial charge in [-0.25, -0.2) is 9.59 Å². The minimum atomic E-state index is -1.39. The van der Waals surface area contributed by atoms with Crippen LogP contribution in [0.15, 0.2) is 112 Å². The predicted octanol–water partition coefficient (Wildman–Crippen LogP) is 5.77. The molecule has 33 heavy (non-hydrogen) atoms. The summed E-state index contributed by atoms with van der Waals surface area (Å²) in [5.41, 5.74) is 2.76. The lowest BCUT2D eigenvalue weighted by molar-refractivity contribution is -0.132. The molecular formula is C27H18N2O4. The van der Waals surface area contributed by atoms with Gasteiger partial charge in [-0.05, 0) is 54.1 Å². The second-order valence-electron chi connectivity index (χ2n) is 7.07. The van der Waals surface area contributed by atoms with Crippen molar-refractivity contribution in [2.75, 3.05) is 4.90 Å². The fraction of sp³-hybridized carbons (Fsp3) is 0. The van der Waals surface area contributed by atoms with Crippen LogP contribution < -0.4 is 10.5 Å². The van der Waals surface area contributed by atoms with Crippen molar-refractivity contribution in [3.05, 3.63) is 119 Å². The number of nitriles is 1. The Balaban J connectivity index is 1.69. The summed E-state index contributed by atoms with van der Waals surface area (Å²) < 4.78 is 5.20. The molecule has 0 spiro atoms. The van der Waals surface area contributed by atoms with E-state index in [0.717, 1.165) is 23.1 Å². The Morgan fingerprint density at radius 3 is 1.85 bits per heavy atom. The molecule has 0 radical (unpaired) electrons. The molecule has 6 heteroatoms. The van der Waals surface area contributed by atoms with Gasteiger partial charge < -0.3 is 14.4 Å². The zero-order valence-corrected chi connectivity index (χ0v) is 17.4. The number of carboxylic acid groups (broad SMARTS) is 1. The first-order chi connectivity index (χ1) is 16.1. The molecule has 6 nitrogen and oxygen atoms in total. The number of carbonyl (C=O) groups is 1. The van der Waals surface area contributed by atoms with Crippen LogP contribution in [0, 0.1) is 11.3 Å². The van der Waals surface area contributed by atoms with E-state index < -0.39 is 17.2 Å². The van der Waals surface area contributed by atoms with Crippen LogP contribution in [0.5, 0.6) is 0 Å². The number of anilines is 3. The summed E-state index contributed by atoms with van der Waals surface area (Å²) in [7, 11) is 0. The van der Waals surface area contributed by atoms with Gasteiger partial charge >= 0.3 is 11.6 Å². The third kappa shape index (κ3) is 4.73. The van der Waals surface area contributed by atoms with Crippen molar-refractivity contribution in [3.8, 4) is 17.2 Å². The SMILES string of the molecule is N#C/C(=C/c1ccc(-c2ccc(N(c3ccccc3)c3ccccc3)cc2)c(=O)o1)C(=O)O. The van der Waals surface area contributed by atoms with E-state index in [1.165, 1.54) is 6.07 Å². The second-order valence-corrected chi connectivity index (χ2v) is 7.07. The molecule has 0 aliphatic carbocycles. The Morgan fingerprint density at radius 2 is 1.36 bits per heavy atom. The third-order valence-corrected chi connectivity index (χ3v) is 4.95. The molecule has 0 aliphatic heterocycles.